The van der Waals surface area contributed by atoms with Gasteiger partial charge >= 0.3 is 5.97 Å². The van der Waals surface area contributed by atoms with Crippen LogP contribution in [0.4, 0.5) is 5.00 Å². The molecule has 0 fully saturated rings. The molecule has 34 heavy (non-hydrogen) atoms. The summed E-state index contributed by atoms with van der Waals surface area (Å²) in [6.45, 7) is 10.1. The number of benzene rings is 1. The molecule has 186 valence electrons. The Bertz CT molecular complexity index is 1020. The Hall–Kier alpha value is -3.27. The van der Waals surface area contributed by atoms with Gasteiger partial charge in [0.2, 0.25) is 5.75 Å². The molecule has 0 bridgehead atoms. The van der Waals surface area contributed by atoms with Crippen molar-refractivity contribution in [2.45, 2.75) is 34.6 Å². The van der Waals surface area contributed by atoms with Gasteiger partial charge in [-0.25, -0.2) is 4.79 Å². The molecule has 1 aromatic heterocycles. The van der Waals surface area contributed by atoms with Crippen LogP contribution in [0.2, 0.25) is 0 Å². The molecule has 0 unspecified atom stereocenters. The van der Waals surface area contributed by atoms with Crippen LogP contribution in [0.15, 0.2) is 12.1 Å². The lowest BCUT2D eigenvalue weighted by molar-refractivity contribution is 0.0527. The Morgan fingerprint density at radius 1 is 0.912 bits per heavy atom. The predicted octanol–water partition coefficient (Wildman–Crippen LogP) is 4.38. The van der Waals surface area contributed by atoms with Crippen LogP contribution in [-0.4, -0.2) is 63.2 Å². The highest BCUT2D eigenvalue weighted by molar-refractivity contribution is 7.18. The van der Waals surface area contributed by atoms with Crippen LogP contribution < -0.4 is 19.5 Å². The number of hydrogen-bond acceptors (Lipinski definition) is 8. The number of hydrogen-bond donors (Lipinski definition) is 1. The number of esters is 1. The zero-order valence-electron chi connectivity index (χ0n) is 20.7. The van der Waals surface area contributed by atoms with E-state index in [2.05, 4.69) is 5.32 Å². The summed E-state index contributed by atoms with van der Waals surface area (Å²) >= 11 is 1.03. The molecule has 1 aromatic carbocycles. The molecule has 2 rings (SSSR count). The molecule has 1 N–H and O–H groups in total. The summed E-state index contributed by atoms with van der Waals surface area (Å²) in [5.41, 5.74) is 0.859. The van der Waals surface area contributed by atoms with Crippen molar-refractivity contribution in [2.75, 3.05) is 45.8 Å². The largest absolute Gasteiger partial charge is 0.490 e. The van der Waals surface area contributed by atoms with Gasteiger partial charge in [0.05, 0.1) is 36.9 Å². The number of carbonyl (C=O) groups is 3. The van der Waals surface area contributed by atoms with Crippen LogP contribution in [0.5, 0.6) is 17.2 Å². The molecule has 0 radical (unpaired) electrons. The molecule has 0 spiro atoms. The first-order valence-corrected chi connectivity index (χ1v) is 11.9. The minimum atomic E-state index is -0.610. The molecule has 0 aliphatic rings. The molecule has 0 saturated carbocycles. The molecule has 0 atom stereocenters. The number of carbonyl (C=O) groups excluding carboxylic acids is 3. The summed E-state index contributed by atoms with van der Waals surface area (Å²) < 4.78 is 22.2. The summed E-state index contributed by atoms with van der Waals surface area (Å²) in [7, 11) is 3.24. The SMILES string of the molecule is CCOC(=O)c1c(NC(=O)c2cc(OCC)c(OCC)c(OCC)c2)sc(C(=O)N(C)C)c1C. The van der Waals surface area contributed by atoms with E-state index in [1.807, 2.05) is 20.8 Å². The smallest absolute Gasteiger partial charge is 0.341 e. The van der Waals surface area contributed by atoms with Gasteiger partial charge < -0.3 is 29.2 Å². The molecule has 1 heterocycles. The highest BCUT2D eigenvalue weighted by Gasteiger charge is 2.28. The monoisotopic (exact) mass is 492 g/mol. The van der Waals surface area contributed by atoms with E-state index in [1.54, 1.807) is 40.1 Å². The Morgan fingerprint density at radius 2 is 1.47 bits per heavy atom. The van der Waals surface area contributed by atoms with Crippen LogP contribution in [0.1, 0.15) is 63.6 Å². The number of amides is 2. The van der Waals surface area contributed by atoms with Gasteiger partial charge in [0, 0.05) is 19.7 Å². The molecule has 2 amide bonds. The van der Waals surface area contributed by atoms with Gasteiger partial charge in [-0.15, -0.1) is 11.3 Å². The fraction of sp³-hybridized carbons (Fsp3) is 0.458. The third-order valence-corrected chi connectivity index (χ3v) is 5.82. The number of nitrogens with zero attached hydrogens (tertiary/aromatic N) is 1. The first kappa shape index (κ1) is 27.0. The summed E-state index contributed by atoms with van der Waals surface area (Å²) in [5, 5.41) is 3.00. The van der Waals surface area contributed by atoms with Crippen molar-refractivity contribution in [3.8, 4) is 17.2 Å². The van der Waals surface area contributed by atoms with E-state index in [0.29, 0.717) is 47.5 Å². The quantitative estimate of drug-likeness (QED) is 0.464. The van der Waals surface area contributed by atoms with Gasteiger partial charge in [0.15, 0.2) is 11.5 Å². The van der Waals surface area contributed by atoms with E-state index < -0.39 is 11.9 Å². The topological polar surface area (TPSA) is 103 Å². The lowest BCUT2D eigenvalue weighted by atomic mass is 10.1. The van der Waals surface area contributed by atoms with E-state index >= 15 is 0 Å². The van der Waals surface area contributed by atoms with Crippen molar-refractivity contribution in [1.82, 2.24) is 4.90 Å². The first-order valence-electron chi connectivity index (χ1n) is 11.1. The second kappa shape index (κ2) is 12.3. The van der Waals surface area contributed by atoms with Crippen LogP contribution in [0, 0.1) is 6.92 Å². The molecule has 2 aromatic rings. The minimum Gasteiger partial charge on any atom is -0.490 e. The van der Waals surface area contributed by atoms with Crippen molar-refractivity contribution in [3.63, 3.8) is 0 Å². The van der Waals surface area contributed by atoms with Gasteiger partial charge in [-0.3, -0.25) is 9.59 Å². The molecule has 0 aliphatic heterocycles. The zero-order chi connectivity index (χ0) is 25.4. The maximum atomic E-state index is 13.2. The Labute approximate surface area is 203 Å². The van der Waals surface area contributed by atoms with Gasteiger partial charge in [0.25, 0.3) is 11.8 Å². The number of nitrogens with one attached hydrogen (secondary N) is 1. The number of anilines is 1. The van der Waals surface area contributed by atoms with Crippen molar-refractivity contribution < 1.29 is 33.3 Å². The Balaban J connectivity index is 2.54. The summed E-state index contributed by atoms with van der Waals surface area (Å²) in [5.74, 6) is -0.219. The van der Waals surface area contributed by atoms with Gasteiger partial charge in [-0.05, 0) is 52.3 Å². The average Bonchev–Trinajstić information content (AvgIpc) is 3.11. The first-order chi connectivity index (χ1) is 16.2. The average molecular weight is 493 g/mol. The fourth-order valence-electron chi connectivity index (χ4n) is 3.15. The van der Waals surface area contributed by atoms with Crippen LogP contribution in [-0.2, 0) is 4.74 Å². The number of ether oxygens (including phenoxy) is 4. The van der Waals surface area contributed by atoms with E-state index in [-0.39, 0.29) is 28.6 Å². The van der Waals surface area contributed by atoms with Crippen molar-refractivity contribution in [2.24, 2.45) is 0 Å². The second-order valence-electron chi connectivity index (χ2n) is 7.24. The highest BCUT2D eigenvalue weighted by Crippen LogP contribution is 2.40. The molecule has 0 saturated heterocycles. The minimum absolute atomic E-state index is 0.159. The zero-order valence-corrected chi connectivity index (χ0v) is 21.5. The number of rotatable bonds is 11. The summed E-state index contributed by atoms with van der Waals surface area (Å²) in [4.78, 5) is 40.3. The summed E-state index contributed by atoms with van der Waals surface area (Å²) in [6, 6.07) is 3.12. The molecule has 10 heteroatoms. The highest BCUT2D eigenvalue weighted by atomic mass is 32.1. The van der Waals surface area contributed by atoms with Crippen molar-refractivity contribution >= 4 is 34.1 Å². The van der Waals surface area contributed by atoms with Crippen LogP contribution in [0.25, 0.3) is 0 Å². The van der Waals surface area contributed by atoms with Crippen LogP contribution >= 0.6 is 11.3 Å². The Morgan fingerprint density at radius 3 is 1.94 bits per heavy atom. The molecule has 0 aliphatic carbocycles. The van der Waals surface area contributed by atoms with Gasteiger partial charge in [-0.1, -0.05) is 0 Å². The predicted molar refractivity (Wildman–Crippen MR) is 131 cm³/mol. The van der Waals surface area contributed by atoms with E-state index in [1.165, 1.54) is 4.90 Å². The molecular weight excluding hydrogens is 460 g/mol. The van der Waals surface area contributed by atoms with Gasteiger partial charge in [0.1, 0.15) is 5.00 Å². The summed E-state index contributed by atoms with van der Waals surface area (Å²) in [6.07, 6.45) is 0. The van der Waals surface area contributed by atoms with Crippen molar-refractivity contribution in [3.05, 3.63) is 33.7 Å². The third-order valence-electron chi connectivity index (χ3n) is 4.63. The van der Waals surface area contributed by atoms with E-state index in [4.69, 9.17) is 18.9 Å². The lowest BCUT2D eigenvalue weighted by Gasteiger charge is -2.17. The van der Waals surface area contributed by atoms with E-state index in [9.17, 15) is 14.4 Å². The Kier molecular flexibility index (Phi) is 9.73. The molecule has 9 nitrogen and oxygen atoms in total. The third kappa shape index (κ3) is 5.99. The van der Waals surface area contributed by atoms with E-state index in [0.717, 1.165) is 11.3 Å². The lowest BCUT2D eigenvalue weighted by Crippen LogP contribution is -2.21. The second-order valence-corrected chi connectivity index (χ2v) is 8.26. The van der Waals surface area contributed by atoms with Gasteiger partial charge in [-0.2, -0.15) is 0 Å². The van der Waals surface area contributed by atoms with Crippen molar-refractivity contribution in [1.29, 1.82) is 0 Å². The number of thiophene rings is 1. The maximum Gasteiger partial charge on any atom is 0.341 e. The normalized spacial score (nSPS) is 10.4. The van der Waals surface area contributed by atoms with Crippen LogP contribution in [0.3, 0.4) is 0 Å². The molecular formula is C24H32N2O7S. The maximum absolute atomic E-state index is 13.2. The standard InChI is InChI=1S/C24H32N2O7S/c1-8-30-16-12-15(13-17(31-9-2)19(16)32-10-3)21(27)25-22-18(24(29)33-11-4)14(5)20(34-22)23(28)26(6)7/h12-13H,8-11H2,1-7H3,(H,25,27). The fourth-order valence-corrected chi connectivity index (χ4v) is 4.36.